The van der Waals surface area contributed by atoms with Crippen LogP contribution in [-0.4, -0.2) is 9.97 Å². The Labute approximate surface area is 273 Å². The van der Waals surface area contributed by atoms with Crippen molar-refractivity contribution in [3.63, 3.8) is 0 Å². The molecule has 2 aliphatic carbocycles. The van der Waals surface area contributed by atoms with Gasteiger partial charge in [0.2, 0.25) is 0 Å². The zero-order chi connectivity index (χ0) is 31.0. The van der Waals surface area contributed by atoms with E-state index in [2.05, 4.69) is 157 Å². The van der Waals surface area contributed by atoms with Crippen LogP contribution in [0.2, 0.25) is 0 Å². The van der Waals surface area contributed by atoms with Crippen molar-refractivity contribution in [2.24, 2.45) is 0 Å². The van der Waals surface area contributed by atoms with E-state index in [-0.39, 0.29) is 5.41 Å². The van der Waals surface area contributed by atoms with E-state index in [0.717, 1.165) is 33.3 Å². The molecule has 0 unspecified atom stereocenters. The Morgan fingerprint density at radius 1 is 0.404 bits per heavy atom. The van der Waals surface area contributed by atoms with Gasteiger partial charge in [0.15, 0.2) is 0 Å². The summed E-state index contributed by atoms with van der Waals surface area (Å²) in [5.41, 5.74) is 18.1. The largest absolute Gasteiger partial charge is 0.264 e. The standard InChI is InChI=1S/C45H28N2/c1-2-11-29(12-3-1)36-27-43(47-42-25-26-46-28-37(36)42)31-23-21-30(22-24-31)32-16-10-20-41-44(32)35-15-6-9-19-40(35)45(41)38-17-7-4-13-33(38)34-14-5-8-18-39(34)45/h1-28H. The quantitative estimate of drug-likeness (QED) is 0.203. The average Bonchev–Trinajstić information content (AvgIpc) is 3.62. The molecular formula is C45H28N2. The van der Waals surface area contributed by atoms with Crippen LogP contribution in [0.4, 0.5) is 0 Å². The number of rotatable bonds is 3. The van der Waals surface area contributed by atoms with E-state index in [1.807, 2.05) is 18.5 Å². The summed E-state index contributed by atoms with van der Waals surface area (Å²) in [7, 11) is 0. The third-order valence-corrected chi connectivity index (χ3v) is 10.2. The predicted octanol–water partition coefficient (Wildman–Crippen LogP) is 11.0. The zero-order valence-corrected chi connectivity index (χ0v) is 25.6. The van der Waals surface area contributed by atoms with E-state index in [1.165, 1.54) is 55.6 Å². The van der Waals surface area contributed by atoms with Gasteiger partial charge in [0.25, 0.3) is 0 Å². The van der Waals surface area contributed by atoms with Crippen LogP contribution in [0.1, 0.15) is 22.3 Å². The molecule has 2 aromatic heterocycles. The molecule has 0 saturated carbocycles. The van der Waals surface area contributed by atoms with Gasteiger partial charge in [-0.15, -0.1) is 0 Å². The molecule has 10 rings (SSSR count). The Hall–Kier alpha value is -6.12. The SMILES string of the molecule is c1ccc(-c2cc(-c3ccc(-c4cccc5c4-c4ccccc4C54c5ccccc5-c5ccccc54)cc3)nc3ccncc23)cc1. The van der Waals surface area contributed by atoms with Gasteiger partial charge in [0.05, 0.1) is 16.6 Å². The van der Waals surface area contributed by atoms with Gasteiger partial charge in [-0.3, -0.25) is 4.98 Å². The topological polar surface area (TPSA) is 25.8 Å². The molecule has 0 radical (unpaired) electrons. The summed E-state index contributed by atoms with van der Waals surface area (Å²) < 4.78 is 0. The minimum absolute atomic E-state index is 0.341. The predicted molar refractivity (Wildman–Crippen MR) is 192 cm³/mol. The lowest BCUT2D eigenvalue weighted by atomic mass is 9.70. The third kappa shape index (κ3) is 3.61. The van der Waals surface area contributed by atoms with E-state index in [0.29, 0.717) is 0 Å². The monoisotopic (exact) mass is 596 g/mol. The molecule has 0 saturated heterocycles. The highest BCUT2D eigenvalue weighted by Crippen LogP contribution is 2.63. The van der Waals surface area contributed by atoms with Gasteiger partial charge >= 0.3 is 0 Å². The van der Waals surface area contributed by atoms with Crippen LogP contribution in [-0.2, 0) is 5.41 Å². The highest BCUT2D eigenvalue weighted by molar-refractivity contribution is 6.00. The second-order valence-electron chi connectivity index (χ2n) is 12.5. The molecule has 0 aliphatic heterocycles. The number of pyridine rings is 2. The lowest BCUT2D eigenvalue weighted by molar-refractivity contribution is 0.794. The van der Waals surface area contributed by atoms with Crippen LogP contribution in [0.3, 0.4) is 0 Å². The fourth-order valence-electron chi connectivity index (χ4n) is 8.28. The lowest BCUT2D eigenvalue weighted by Crippen LogP contribution is -2.25. The van der Waals surface area contributed by atoms with Gasteiger partial charge in [0.1, 0.15) is 0 Å². The smallest absolute Gasteiger partial charge is 0.0746 e. The maximum atomic E-state index is 5.07. The molecule has 0 fully saturated rings. The Balaban J connectivity index is 1.15. The Morgan fingerprint density at radius 3 is 1.68 bits per heavy atom. The summed E-state index contributed by atoms with van der Waals surface area (Å²) in [4.78, 5) is 9.47. The van der Waals surface area contributed by atoms with Crippen molar-refractivity contribution in [2.75, 3.05) is 0 Å². The second kappa shape index (κ2) is 9.94. The van der Waals surface area contributed by atoms with Crippen molar-refractivity contribution in [2.45, 2.75) is 5.41 Å². The number of nitrogens with zero attached hydrogens (tertiary/aromatic N) is 2. The molecule has 0 atom stereocenters. The number of hydrogen-bond acceptors (Lipinski definition) is 2. The van der Waals surface area contributed by atoms with Crippen LogP contribution in [0.25, 0.3) is 66.7 Å². The first-order valence-corrected chi connectivity index (χ1v) is 16.2. The normalized spacial score (nSPS) is 13.3. The fourth-order valence-corrected chi connectivity index (χ4v) is 8.28. The lowest BCUT2D eigenvalue weighted by Gasteiger charge is -2.30. The first-order valence-electron chi connectivity index (χ1n) is 16.2. The highest BCUT2D eigenvalue weighted by Gasteiger charge is 2.51. The van der Waals surface area contributed by atoms with Crippen molar-refractivity contribution < 1.29 is 0 Å². The van der Waals surface area contributed by atoms with Crippen LogP contribution < -0.4 is 0 Å². The number of aromatic nitrogens is 2. The first kappa shape index (κ1) is 26.1. The number of fused-ring (bicyclic) bond motifs is 11. The van der Waals surface area contributed by atoms with Crippen molar-refractivity contribution in [3.05, 3.63) is 192 Å². The summed E-state index contributed by atoms with van der Waals surface area (Å²) in [6, 6.07) is 57.5. The van der Waals surface area contributed by atoms with Gasteiger partial charge in [-0.2, -0.15) is 0 Å². The maximum Gasteiger partial charge on any atom is 0.0746 e. The second-order valence-corrected chi connectivity index (χ2v) is 12.5. The fraction of sp³-hybridized carbons (Fsp3) is 0.0222. The molecule has 1 spiro atoms. The molecule has 0 amide bonds. The minimum Gasteiger partial charge on any atom is -0.264 e. The van der Waals surface area contributed by atoms with Gasteiger partial charge in [-0.1, -0.05) is 146 Å². The average molecular weight is 597 g/mol. The Kier molecular flexibility index (Phi) is 5.53. The number of benzene rings is 6. The van der Waals surface area contributed by atoms with E-state index >= 15 is 0 Å². The summed E-state index contributed by atoms with van der Waals surface area (Å²) in [5, 5.41) is 1.06. The van der Waals surface area contributed by atoms with E-state index in [1.54, 1.807) is 0 Å². The first-order chi connectivity index (χ1) is 23.3. The van der Waals surface area contributed by atoms with Crippen LogP contribution >= 0.6 is 0 Å². The third-order valence-electron chi connectivity index (χ3n) is 10.2. The molecule has 8 aromatic rings. The van der Waals surface area contributed by atoms with Crippen molar-refractivity contribution in [1.82, 2.24) is 9.97 Å². The summed E-state index contributed by atoms with van der Waals surface area (Å²) in [6.07, 6.45) is 3.73. The Morgan fingerprint density at radius 2 is 0.957 bits per heavy atom. The molecule has 0 N–H and O–H groups in total. The van der Waals surface area contributed by atoms with Gasteiger partial charge in [0, 0.05) is 23.3 Å². The summed E-state index contributed by atoms with van der Waals surface area (Å²) in [6.45, 7) is 0. The molecule has 47 heavy (non-hydrogen) atoms. The van der Waals surface area contributed by atoms with Crippen molar-refractivity contribution in [3.8, 4) is 55.8 Å². The molecular weight excluding hydrogens is 569 g/mol. The van der Waals surface area contributed by atoms with Crippen molar-refractivity contribution >= 4 is 10.9 Å². The Bertz CT molecular complexity index is 2470. The molecule has 2 nitrogen and oxygen atoms in total. The van der Waals surface area contributed by atoms with E-state index in [4.69, 9.17) is 4.98 Å². The molecule has 6 aromatic carbocycles. The zero-order valence-electron chi connectivity index (χ0n) is 25.6. The van der Waals surface area contributed by atoms with Gasteiger partial charge in [-0.05, 0) is 78.9 Å². The maximum absolute atomic E-state index is 5.07. The van der Waals surface area contributed by atoms with E-state index < -0.39 is 0 Å². The van der Waals surface area contributed by atoms with Crippen molar-refractivity contribution in [1.29, 1.82) is 0 Å². The van der Waals surface area contributed by atoms with E-state index in [9.17, 15) is 0 Å². The van der Waals surface area contributed by atoms with Crippen LogP contribution in [0, 0.1) is 0 Å². The molecule has 2 heteroatoms. The minimum atomic E-state index is -0.341. The van der Waals surface area contributed by atoms with Crippen LogP contribution in [0.5, 0.6) is 0 Å². The number of hydrogen-bond donors (Lipinski definition) is 0. The highest BCUT2D eigenvalue weighted by atomic mass is 14.7. The van der Waals surface area contributed by atoms with Crippen LogP contribution in [0.15, 0.2) is 170 Å². The molecule has 0 bridgehead atoms. The molecule has 2 heterocycles. The molecule has 218 valence electrons. The van der Waals surface area contributed by atoms with Gasteiger partial charge in [-0.25, -0.2) is 4.98 Å². The summed E-state index contributed by atoms with van der Waals surface area (Å²) >= 11 is 0. The molecule has 2 aliphatic rings. The van der Waals surface area contributed by atoms with Gasteiger partial charge < -0.3 is 0 Å². The summed E-state index contributed by atoms with van der Waals surface area (Å²) in [5.74, 6) is 0.